The molecule has 0 aromatic heterocycles. The van der Waals surface area contributed by atoms with Crippen molar-refractivity contribution in [2.45, 2.75) is 32.1 Å². The first kappa shape index (κ1) is 25.5. The second kappa shape index (κ2) is 10.6. The summed E-state index contributed by atoms with van der Waals surface area (Å²) in [4.78, 5) is 26.9. The lowest BCUT2D eigenvalue weighted by atomic mass is 9.95. The van der Waals surface area contributed by atoms with E-state index in [1.165, 1.54) is 25.2 Å². The molecule has 188 valence electrons. The van der Waals surface area contributed by atoms with Crippen LogP contribution in [0.1, 0.15) is 34.8 Å². The van der Waals surface area contributed by atoms with E-state index in [9.17, 15) is 19.1 Å². The molecule has 7 nitrogen and oxygen atoms in total. The molecule has 0 radical (unpaired) electrons. The summed E-state index contributed by atoms with van der Waals surface area (Å²) in [5.41, 5.74) is 2.47. The minimum absolute atomic E-state index is 0.0644. The molecule has 0 saturated carbocycles. The monoisotopic (exact) mass is 513 g/mol. The van der Waals surface area contributed by atoms with Crippen LogP contribution in [0.3, 0.4) is 0 Å². The second-order valence-corrected chi connectivity index (χ2v) is 8.80. The van der Waals surface area contributed by atoms with Crippen LogP contribution in [0.5, 0.6) is 11.5 Å². The molecule has 1 aliphatic rings. The van der Waals surface area contributed by atoms with Crippen molar-refractivity contribution >= 4 is 29.2 Å². The summed E-state index contributed by atoms with van der Waals surface area (Å²) in [6, 6.07) is 14.8. The van der Waals surface area contributed by atoms with Crippen LogP contribution in [0.4, 0.5) is 10.1 Å². The third kappa shape index (κ3) is 5.01. The summed E-state index contributed by atoms with van der Waals surface area (Å²) in [5, 5.41) is 9.93. The van der Waals surface area contributed by atoms with Crippen molar-refractivity contribution in [2.75, 3.05) is 19.1 Å². The van der Waals surface area contributed by atoms with Crippen molar-refractivity contribution in [3.05, 3.63) is 87.7 Å². The van der Waals surface area contributed by atoms with Gasteiger partial charge in [-0.2, -0.15) is 0 Å². The van der Waals surface area contributed by atoms with Crippen LogP contribution in [0.15, 0.2) is 54.6 Å². The SMILES string of the molecule is COc1ccc(CN2C(=O)C(CC(=O)O)OC(c3cccc(F)c3C)c3cc(Cl)ccc32)c(OC)c1. The summed E-state index contributed by atoms with van der Waals surface area (Å²) >= 11 is 6.34. The number of methoxy groups -OCH3 is 2. The number of ether oxygens (including phenoxy) is 3. The molecule has 1 amide bonds. The van der Waals surface area contributed by atoms with Gasteiger partial charge >= 0.3 is 5.97 Å². The van der Waals surface area contributed by atoms with Gasteiger partial charge in [0.25, 0.3) is 5.91 Å². The predicted molar refractivity (Wildman–Crippen MR) is 132 cm³/mol. The highest BCUT2D eigenvalue weighted by Crippen LogP contribution is 2.42. The fraction of sp³-hybridized carbons (Fsp3) is 0.259. The van der Waals surface area contributed by atoms with Gasteiger partial charge in [0, 0.05) is 22.2 Å². The fourth-order valence-corrected chi connectivity index (χ4v) is 4.51. The molecule has 1 heterocycles. The highest BCUT2D eigenvalue weighted by Gasteiger charge is 2.38. The average Bonchev–Trinajstić information content (AvgIpc) is 2.96. The quantitative estimate of drug-likeness (QED) is 0.461. The van der Waals surface area contributed by atoms with Gasteiger partial charge < -0.3 is 24.2 Å². The number of aliphatic carboxylic acids is 1. The Bertz CT molecular complexity index is 1310. The summed E-state index contributed by atoms with van der Waals surface area (Å²) < 4.78 is 31.4. The second-order valence-electron chi connectivity index (χ2n) is 8.36. The van der Waals surface area contributed by atoms with Crippen molar-refractivity contribution < 1.29 is 33.3 Å². The van der Waals surface area contributed by atoms with Crippen LogP contribution in [0, 0.1) is 12.7 Å². The number of fused-ring (bicyclic) bond motifs is 1. The first-order chi connectivity index (χ1) is 17.2. The molecule has 0 bridgehead atoms. The fourth-order valence-electron chi connectivity index (χ4n) is 4.33. The summed E-state index contributed by atoms with van der Waals surface area (Å²) in [7, 11) is 3.05. The van der Waals surface area contributed by atoms with E-state index in [1.807, 2.05) is 0 Å². The van der Waals surface area contributed by atoms with E-state index < -0.39 is 36.3 Å². The molecule has 0 aliphatic carbocycles. The molecule has 2 atom stereocenters. The Kier molecular flexibility index (Phi) is 7.47. The maximum Gasteiger partial charge on any atom is 0.306 e. The predicted octanol–water partition coefficient (Wildman–Crippen LogP) is 5.30. The standard InChI is InChI=1S/C27H25ClFNO6/c1-15-19(5-4-6-21(15)29)26-20-11-17(28)8-10-22(20)30(27(33)24(36-26)13-25(31)32)14-16-7-9-18(34-2)12-23(16)35-3/h4-12,24,26H,13-14H2,1-3H3,(H,31,32). The number of carbonyl (C=O) groups is 2. The van der Waals surface area contributed by atoms with E-state index in [2.05, 4.69) is 0 Å². The number of carboxylic acid groups (broad SMARTS) is 1. The molecule has 1 aliphatic heterocycles. The van der Waals surface area contributed by atoms with Crippen LogP contribution >= 0.6 is 11.6 Å². The zero-order valence-corrected chi connectivity index (χ0v) is 20.7. The lowest BCUT2D eigenvalue weighted by Crippen LogP contribution is -2.40. The van der Waals surface area contributed by atoms with Gasteiger partial charge in [-0.25, -0.2) is 4.39 Å². The molecular formula is C27H25ClFNO6. The summed E-state index contributed by atoms with van der Waals surface area (Å²) in [5.74, 6) is -1.11. The van der Waals surface area contributed by atoms with Crippen LogP contribution in [0.25, 0.3) is 0 Å². The summed E-state index contributed by atoms with van der Waals surface area (Å²) in [6.07, 6.45) is -2.82. The van der Waals surface area contributed by atoms with Crippen molar-refractivity contribution in [3.63, 3.8) is 0 Å². The summed E-state index contributed by atoms with van der Waals surface area (Å²) in [6.45, 7) is 1.67. The van der Waals surface area contributed by atoms with Crippen LogP contribution < -0.4 is 14.4 Å². The lowest BCUT2D eigenvalue weighted by molar-refractivity contribution is -0.147. The first-order valence-corrected chi connectivity index (χ1v) is 11.5. The molecule has 0 saturated heterocycles. The number of halogens is 2. The third-order valence-corrected chi connectivity index (χ3v) is 6.41. The zero-order valence-electron chi connectivity index (χ0n) is 20.0. The maximum atomic E-state index is 14.5. The van der Waals surface area contributed by atoms with Gasteiger partial charge in [-0.3, -0.25) is 9.59 Å². The minimum Gasteiger partial charge on any atom is -0.497 e. The van der Waals surface area contributed by atoms with Gasteiger partial charge in [0.15, 0.2) is 0 Å². The first-order valence-electron chi connectivity index (χ1n) is 11.2. The average molecular weight is 514 g/mol. The maximum absolute atomic E-state index is 14.5. The molecule has 0 spiro atoms. The van der Waals surface area contributed by atoms with E-state index in [-0.39, 0.29) is 6.54 Å². The molecule has 0 fully saturated rings. The van der Waals surface area contributed by atoms with Crippen LogP contribution in [-0.2, 0) is 20.9 Å². The van der Waals surface area contributed by atoms with E-state index in [0.29, 0.717) is 44.5 Å². The van der Waals surface area contributed by atoms with E-state index in [0.717, 1.165) is 0 Å². The van der Waals surface area contributed by atoms with Crippen molar-refractivity contribution in [1.29, 1.82) is 0 Å². The van der Waals surface area contributed by atoms with Gasteiger partial charge in [0.05, 0.1) is 32.9 Å². The van der Waals surface area contributed by atoms with Crippen LogP contribution in [-0.4, -0.2) is 37.3 Å². The van der Waals surface area contributed by atoms with Gasteiger partial charge in [-0.05, 0) is 54.4 Å². The van der Waals surface area contributed by atoms with E-state index in [1.54, 1.807) is 55.5 Å². The molecule has 3 aromatic carbocycles. The minimum atomic E-state index is -1.33. The number of rotatable bonds is 7. The third-order valence-electron chi connectivity index (χ3n) is 6.18. The molecule has 4 rings (SSSR count). The molecule has 3 aromatic rings. The highest BCUT2D eigenvalue weighted by atomic mass is 35.5. The number of carboxylic acids is 1. The van der Waals surface area contributed by atoms with Crippen LogP contribution in [0.2, 0.25) is 5.02 Å². The number of hydrogen-bond acceptors (Lipinski definition) is 5. The van der Waals surface area contributed by atoms with Crippen molar-refractivity contribution in [2.24, 2.45) is 0 Å². The number of carbonyl (C=O) groups excluding carboxylic acids is 1. The van der Waals surface area contributed by atoms with E-state index in [4.69, 9.17) is 25.8 Å². The Morgan fingerprint density at radius 3 is 2.58 bits per heavy atom. The molecular weight excluding hydrogens is 489 g/mol. The number of hydrogen-bond donors (Lipinski definition) is 1. The molecule has 9 heteroatoms. The number of nitrogens with zero attached hydrogens (tertiary/aromatic N) is 1. The Morgan fingerprint density at radius 2 is 1.89 bits per heavy atom. The van der Waals surface area contributed by atoms with E-state index >= 15 is 0 Å². The Morgan fingerprint density at radius 1 is 1.11 bits per heavy atom. The van der Waals surface area contributed by atoms with Crippen molar-refractivity contribution in [1.82, 2.24) is 0 Å². The van der Waals surface area contributed by atoms with Gasteiger partial charge in [0.1, 0.15) is 29.5 Å². The topological polar surface area (TPSA) is 85.3 Å². The number of anilines is 1. The van der Waals surface area contributed by atoms with Gasteiger partial charge in [-0.1, -0.05) is 23.7 Å². The highest BCUT2D eigenvalue weighted by molar-refractivity contribution is 6.30. The zero-order chi connectivity index (χ0) is 26.0. The molecule has 1 N–H and O–H groups in total. The Balaban J connectivity index is 1.89. The lowest BCUT2D eigenvalue weighted by Gasteiger charge is -2.26. The number of amides is 1. The Labute approximate surface area is 213 Å². The van der Waals surface area contributed by atoms with Crippen molar-refractivity contribution in [3.8, 4) is 11.5 Å². The molecule has 2 unspecified atom stereocenters. The largest absolute Gasteiger partial charge is 0.497 e. The van der Waals surface area contributed by atoms with Gasteiger partial charge in [0.2, 0.25) is 0 Å². The molecule has 36 heavy (non-hydrogen) atoms. The number of benzene rings is 3. The normalized spacial score (nSPS) is 17.4. The smallest absolute Gasteiger partial charge is 0.306 e. The Hall–Kier alpha value is -3.62. The van der Waals surface area contributed by atoms with Gasteiger partial charge in [-0.15, -0.1) is 0 Å².